The van der Waals surface area contributed by atoms with Crippen LogP contribution in [-0.4, -0.2) is 23.0 Å². The highest BCUT2D eigenvalue weighted by Gasteiger charge is 2.43. The van der Waals surface area contributed by atoms with Gasteiger partial charge in [-0.05, 0) is 17.7 Å². The van der Waals surface area contributed by atoms with E-state index in [1.54, 1.807) is 6.20 Å². The zero-order valence-electron chi connectivity index (χ0n) is 11.3. The highest BCUT2D eigenvalue weighted by Crippen LogP contribution is 2.33. The summed E-state index contributed by atoms with van der Waals surface area (Å²) in [6.45, 7) is 3.90. The van der Waals surface area contributed by atoms with Crippen molar-refractivity contribution < 1.29 is 9.59 Å². The van der Waals surface area contributed by atoms with Gasteiger partial charge in [-0.3, -0.25) is 15.1 Å². The Morgan fingerprint density at radius 3 is 2.60 bits per heavy atom. The molecule has 1 saturated heterocycles. The molecule has 3 amide bonds. The van der Waals surface area contributed by atoms with Crippen molar-refractivity contribution in [3.8, 4) is 0 Å². The molecule has 0 spiro atoms. The fourth-order valence-corrected chi connectivity index (χ4v) is 2.74. The van der Waals surface area contributed by atoms with Gasteiger partial charge in [0.15, 0.2) is 0 Å². The first-order chi connectivity index (χ1) is 9.50. The fourth-order valence-electron chi connectivity index (χ4n) is 2.74. The number of hydrogen-bond donors (Lipinski definition) is 2. The van der Waals surface area contributed by atoms with E-state index in [0.29, 0.717) is 0 Å². The largest absolute Gasteiger partial charge is 0.325 e. The lowest BCUT2D eigenvalue weighted by atomic mass is 9.76. The molecule has 1 fully saturated rings. The predicted octanol–water partition coefficient (Wildman–Crippen LogP) is 1.72. The van der Waals surface area contributed by atoms with Gasteiger partial charge in [0.2, 0.25) is 0 Å². The molecule has 0 aliphatic carbocycles. The highest BCUT2D eigenvalue weighted by atomic mass is 16.2. The molecule has 1 aliphatic rings. The summed E-state index contributed by atoms with van der Waals surface area (Å²) < 4.78 is 0. The Morgan fingerprint density at radius 1 is 1.15 bits per heavy atom. The minimum absolute atomic E-state index is 0.291. The van der Waals surface area contributed by atoms with Crippen LogP contribution in [0, 0.1) is 0 Å². The Kier molecular flexibility index (Phi) is 2.71. The number of carbonyl (C=O) groups is 2. The van der Waals surface area contributed by atoms with Crippen LogP contribution >= 0.6 is 0 Å². The summed E-state index contributed by atoms with van der Waals surface area (Å²) in [6, 6.07) is 8.66. The number of para-hydroxylation sites is 1. The van der Waals surface area contributed by atoms with Gasteiger partial charge in [0.05, 0.1) is 5.52 Å². The molecule has 2 N–H and O–H groups in total. The van der Waals surface area contributed by atoms with Crippen LogP contribution in [0.25, 0.3) is 10.9 Å². The molecule has 5 heteroatoms. The number of urea groups is 1. The summed E-state index contributed by atoms with van der Waals surface area (Å²) >= 11 is 0. The van der Waals surface area contributed by atoms with Crippen molar-refractivity contribution in [2.24, 2.45) is 0 Å². The van der Waals surface area contributed by atoms with Gasteiger partial charge in [0.1, 0.15) is 6.04 Å². The highest BCUT2D eigenvalue weighted by molar-refractivity contribution is 6.05. The van der Waals surface area contributed by atoms with Gasteiger partial charge in [0, 0.05) is 17.0 Å². The van der Waals surface area contributed by atoms with Gasteiger partial charge < -0.3 is 5.32 Å². The normalized spacial score (nSPS) is 19.0. The SMILES string of the molecule is CC(C)(c1ccnc2ccccc12)C1NC(=O)NC1=O. The van der Waals surface area contributed by atoms with Crippen LogP contribution in [0.1, 0.15) is 19.4 Å². The molecule has 102 valence electrons. The molecule has 1 aromatic heterocycles. The number of nitrogens with zero attached hydrogens (tertiary/aromatic N) is 1. The maximum atomic E-state index is 11.9. The van der Waals surface area contributed by atoms with E-state index in [4.69, 9.17) is 0 Å². The number of pyridine rings is 1. The standard InChI is InChI=1S/C15H15N3O2/c1-15(2,12-13(19)18-14(20)17-12)10-7-8-16-11-6-4-3-5-9(10)11/h3-8,12H,1-2H3,(H2,17,18,19,20). The number of nitrogens with one attached hydrogen (secondary N) is 2. The molecular weight excluding hydrogens is 254 g/mol. The molecule has 2 aromatic rings. The van der Waals surface area contributed by atoms with Crippen molar-refractivity contribution >= 4 is 22.8 Å². The van der Waals surface area contributed by atoms with Crippen LogP contribution in [0.3, 0.4) is 0 Å². The fraction of sp³-hybridized carbons (Fsp3) is 0.267. The summed E-state index contributed by atoms with van der Waals surface area (Å²) in [5.41, 5.74) is 1.34. The van der Waals surface area contributed by atoms with Crippen molar-refractivity contribution in [3.63, 3.8) is 0 Å². The number of benzene rings is 1. The van der Waals surface area contributed by atoms with Crippen LogP contribution in [0.15, 0.2) is 36.5 Å². The van der Waals surface area contributed by atoms with Crippen molar-refractivity contribution in [3.05, 3.63) is 42.1 Å². The third-order valence-corrected chi connectivity index (χ3v) is 3.84. The van der Waals surface area contributed by atoms with Crippen LogP contribution in [0.2, 0.25) is 0 Å². The molecule has 1 aliphatic heterocycles. The first kappa shape index (κ1) is 12.6. The van der Waals surface area contributed by atoms with E-state index in [0.717, 1.165) is 16.5 Å². The van der Waals surface area contributed by atoms with Crippen molar-refractivity contribution in [1.29, 1.82) is 0 Å². The van der Waals surface area contributed by atoms with Crippen LogP contribution in [-0.2, 0) is 10.2 Å². The zero-order chi connectivity index (χ0) is 14.3. The van der Waals surface area contributed by atoms with Gasteiger partial charge in [-0.2, -0.15) is 0 Å². The Hall–Kier alpha value is -2.43. The van der Waals surface area contributed by atoms with Crippen LogP contribution < -0.4 is 10.6 Å². The molecule has 20 heavy (non-hydrogen) atoms. The third-order valence-electron chi connectivity index (χ3n) is 3.84. The zero-order valence-corrected chi connectivity index (χ0v) is 11.3. The monoisotopic (exact) mass is 269 g/mol. The average Bonchev–Trinajstić information content (AvgIpc) is 2.78. The summed E-state index contributed by atoms with van der Waals surface area (Å²) in [6.07, 6.45) is 1.73. The maximum Gasteiger partial charge on any atom is 0.322 e. The van der Waals surface area contributed by atoms with Crippen molar-refractivity contribution in [1.82, 2.24) is 15.6 Å². The van der Waals surface area contributed by atoms with E-state index >= 15 is 0 Å². The molecule has 0 bridgehead atoms. The van der Waals surface area contributed by atoms with Gasteiger partial charge >= 0.3 is 6.03 Å². The number of fused-ring (bicyclic) bond motifs is 1. The van der Waals surface area contributed by atoms with E-state index in [9.17, 15) is 9.59 Å². The first-order valence-corrected chi connectivity index (χ1v) is 6.46. The van der Waals surface area contributed by atoms with Crippen molar-refractivity contribution in [2.45, 2.75) is 25.3 Å². The van der Waals surface area contributed by atoms with Crippen LogP contribution in [0.4, 0.5) is 4.79 Å². The van der Waals surface area contributed by atoms with E-state index in [1.807, 2.05) is 44.2 Å². The molecule has 3 rings (SSSR count). The first-order valence-electron chi connectivity index (χ1n) is 6.46. The van der Waals surface area contributed by atoms with E-state index < -0.39 is 17.5 Å². The van der Waals surface area contributed by atoms with E-state index in [2.05, 4.69) is 15.6 Å². The van der Waals surface area contributed by atoms with Crippen LogP contribution in [0.5, 0.6) is 0 Å². The molecule has 2 heterocycles. The second-order valence-electron chi connectivity index (χ2n) is 5.49. The topological polar surface area (TPSA) is 71.1 Å². The third kappa shape index (κ3) is 1.82. The predicted molar refractivity (Wildman–Crippen MR) is 75.2 cm³/mol. The molecule has 0 radical (unpaired) electrons. The minimum atomic E-state index is -0.583. The summed E-state index contributed by atoms with van der Waals surface area (Å²) in [7, 11) is 0. The number of hydrogen-bond acceptors (Lipinski definition) is 3. The molecule has 1 aromatic carbocycles. The van der Waals surface area contributed by atoms with E-state index in [1.165, 1.54) is 0 Å². The Labute approximate surface area is 116 Å². The van der Waals surface area contributed by atoms with Crippen molar-refractivity contribution in [2.75, 3.05) is 0 Å². The maximum absolute atomic E-state index is 11.9. The number of aromatic nitrogens is 1. The van der Waals surface area contributed by atoms with Gasteiger partial charge in [0.25, 0.3) is 5.91 Å². The van der Waals surface area contributed by atoms with E-state index in [-0.39, 0.29) is 5.91 Å². The average molecular weight is 269 g/mol. The number of carbonyl (C=O) groups excluding carboxylic acids is 2. The molecule has 1 atom stereocenters. The Morgan fingerprint density at radius 2 is 1.90 bits per heavy atom. The quantitative estimate of drug-likeness (QED) is 0.815. The lowest BCUT2D eigenvalue weighted by Crippen LogP contribution is -2.46. The Balaban J connectivity index is 2.14. The number of rotatable bonds is 2. The van der Waals surface area contributed by atoms with Gasteiger partial charge in [-0.15, -0.1) is 0 Å². The smallest absolute Gasteiger partial charge is 0.322 e. The molecule has 1 unspecified atom stereocenters. The number of imide groups is 1. The summed E-state index contributed by atoms with van der Waals surface area (Å²) in [5, 5.41) is 5.97. The lowest BCUT2D eigenvalue weighted by Gasteiger charge is -2.30. The minimum Gasteiger partial charge on any atom is -0.325 e. The second-order valence-corrected chi connectivity index (χ2v) is 5.49. The molecular formula is C15H15N3O2. The Bertz CT molecular complexity index is 704. The summed E-state index contributed by atoms with van der Waals surface area (Å²) in [4.78, 5) is 27.6. The molecule has 5 nitrogen and oxygen atoms in total. The summed E-state index contributed by atoms with van der Waals surface area (Å²) in [5.74, 6) is -0.291. The number of amides is 3. The second kappa shape index (κ2) is 4.30. The molecule has 0 saturated carbocycles. The lowest BCUT2D eigenvalue weighted by molar-refractivity contribution is -0.121. The van der Waals surface area contributed by atoms with Gasteiger partial charge in [-0.25, -0.2) is 4.79 Å². The van der Waals surface area contributed by atoms with Gasteiger partial charge in [-0.1, -0.05) is 32.0 Å².